The minimum absolute atomic E-state index is 0.661. The predicted molar refractivity (Wildman–Crippen MR) is 81.3 cm³/mol. The molecule has 2 aromatic rings. The molecular weight excluding hydrogens is 232 g/mol. The highest BCUT2D eigenvalue weighted by Gasteiger charge is 2.11. The van der Waals surface area contributed by atoms with E-state index in [0.29, 0.717) is 6.04 Å². The van der Waals surface area contributed by atoms with Crippen molar-refractivity contribution in [2.24, 2.45) is 0 Å². The summed E-state index contributed by atoms with van der Waals surface area (Å²) in [6, 6.07) is 15.9. The Balaban J connectivity index is 1.56. The van der Waals surface area contributed by atoms with E-state index in [0.717, 1.165) is 13.1 Å². The third kappa shape index (κ3) is 3.34. The quantitative estimate of drug-likeness (QED) is 0.876. The van der Waals surface area contributed by atoms with Gasteiger partial charge in [-0.25, -0.2) is 0 Å². The molecule has 3 rings (SSSR count). The largest absolute Gasteiger partial charge is 0.313 e. The third-order valence-electron chi connectivity index (χ3n) is 3.95. The van der Waals surface area contributed by atoms with E-state index in [4.69, 9.17) is 0 Å². The molecule has 0 bridgehead atoms. The molecule has 2 heteroatoms. The zero-order valence-corrected chi connectivity index (χ0v) is 11.4. The van der Waals surface area contributed by atoms with Gasteiger partial charge >= 0.3 is 0 Å². The Hall–Kier alpha value is -1.38. The molecule has 19 heavy (non-hydrogen) atoms. The van der Waals surface area contributed by atoms with Crippen LogP contribution in [0.15, 0.2) is 42.5 Å². The lowest BCUT2D eigenvalue weighted by molar-refractivity contribution is 0.383. The maximum atomic E-state index is 3.57. The average molecular weight is 254 g/mol. The highest BCUT2D eigenvalue weighted by Crippen LogP contribution is 2.15. The Morgan fingerprint density at radius 3 is 2.79 bits per heavy atom. The van der Waals surface area contributed by atoms with Crippen LogP contribution in [0.3, 0.4) is 0 Å². The van der Waals surface area contributed by atoms with E-state index in [9.17, 15) is 0 Å². The fourth-order valence-corrected chi connectivity index (χ4v) is 2.84. The van der Waals surface area contributed by atoms with Crippen molar-refractivity contribution < 1.29 is 0 Å². The van der Waals surface area contributed by atoms with Crippen LogP contribution >= 0.6 is 0 Å². The molecule has 2 aromatic carbocycles. The van der Waals surface area contributed by atoms with Gasteiger partial charge in [0.15, 0.2) is 0 Å². The van der Waals surface area contributed by atoms with Crippen LogP contribution in [0.5, 0.6) is 0 Å². The zero-order valence-electron chi connectivity index (χ0n) is 11.4. The molecule has 1 aliphatic rings. The van der Waals surface area contributed by atoms with Crippen LogP contribution in [0.25, 0.3) is 10.8 Å². The smallest absolute Gasteiger partial charge is 0.0206 e. The van der Waals surface area contributed by atoms with Crippen LogP contribution in [0.2, 0.25) is 0 Å². The van der Waals surface area contributed by atoms with E-state index >= 15 is 0 Å². The summed E-state index contributed by atoms with van der Waals surface area (Å²) < 4.78 is 0. The maximum Gasteiger partial charge on any atom is 0.0206 e. The lowest BCUT2D eigenvalue weighted by Crippen LogP contribution is -2.41. The average Bonchev–Trinajstić information content (AvgIpc) is 2.48. The van der Waals surface area contributed by atoms with Crippen LogP contribution < -0.4 is 10.6 Å². The lowest BCUT2D eigenvalue weighted by Gasteiger charge is -2.23. The number of rotatable bonds is 4. The predicted octanol–water partition coefficient (Wildman–Crippen LogP) is 3.07. The van der Waals surface area contributed by atoms with Gasteiger partial charge in [-0.15, -0.1) is 0 Å². The molecule has 0 aromatic heterocycles. The van der Waals surface area contributed by atoms with Gasteiger partial charge in [-0.1, -0.05) is 42.8 Å². The lowest BCUT2D eigenvalue weighted by atomic mass is 10.0. The van der Waals surface area contributed by atoms with Crippen molar-refractivity contribution in [3.63, 3.8) is 0 Å². The molecule has 2 N–H and O–H groups in total. The second-order valence-corrected chi connectivity index (χ2v) is 5.46. The first-order valence-electron chi connectivity index (χ1n) is 7.33. The van der Waals surface area contributed by atoms with Crippen molar-refractivity contribution in [1.82, 2.24) is 10.6 Å². The molecule has 2 nitrogen and oxygen atoms in total. The van der Waals surface area contributed by atoms with Crippen LogP contribution in [-0.2, 0) is 6.54 Å². The van der Waals surface area contributed by atoms with Crippen molar-refractivity contribution in [3.05, 3.63) is 48.0 Å². The van der Waals surface area contributed by atoms with Crippen LogP contribution in [0, 0.1) is 0 Å². The highest BCUT2D eigenvalue weighted by atomic mass is 15.0. The zero-order chi connectivity index (χ0) is 12.9. The summed E-state index contributed by atoms with van der Waals surface area (Å²) in [6.45, 7) is 3.22. The first-order valence-corrected chi connectivity index (χ1v) is 7.33. The fraction of sp³-hybridized carbons (Fsp3) is 0.412. The SMILES string of the molecule is c1ccc2cc(CNCC3CCCCN3)ccc2c1. The van der Waals surface area contributed by atoms with E-state index in [1.54, 1.807) is 0 Å². The van der Waals surface area contributed by atoms with Gasteiger partial charge in [-0.05, 0) is 41.8 Å². The fourth-order valence-electron chi connectivity index (χ4n) is 2.84. The molecular formula is C17H22N2. The second-order valence-electron chi connectivity index (χ2n) is 5.46. The Kier molecular flexibility index (Phi) is 4.11. The summed E-state index contributed by atoms with van der Waals surface area (Å²) >= 11 is 0. The molecule has 0 spiro atoms. The molecule has 0 aliphatic carbocycles. The van der Waals surface area contributed by atoms with Gasteiger partial charge < -0.3 is 10.6 Å². The van der Waals surface area contributed by atoms with Gasteiger partial charge in [0, 0.05) is 19.1 Å². The molecule has 0 amide bonds. The number of piperidine rings is 1. The Morgan fingerprint density at radius 1 is 1.05 bits per heavy atom. The number of hydrogen-bond donors (Lipinski definition) is 2. The molecule has 1 atom stereocenters. The first kappa shape index (κ1) is 12.6. The van der Waals surface area contributed by atoms with Gasteiger partial charge in [-0.3, -0.25) is 0 Å². The number of benzene rings is 2. The number of nitrogens with one attached hydrogen (secondary N) is 2. The van der Waals surface area contributed by atoms with E-state index in [-0.39, 0.29) is 0 Å². The van der Waals surface area contributed by atoms with E-state index in [1.807, 2.05) is 0 Å². The van der Waals surface area contributed by atoms with Gasteiger partial charge in [0.2, 0.25) is 0 Å². The summed E-state index contributed by atoms with van der Waals surface area (Å²) in [7, 11) is 0. The summed E-state index contributed by atoms with van der Waals surface area (Å²) in [4.78, 5) is 0. The standard InChI is InChI=1S/C17H22N2/c1-2-6-16-11-14(8-9-15(16)5-1)12-18-13-17-7-3-4-10-19-17/h1-2,5-6,8-9,11,17-19H,3-4,7,10,12-13H2. The molecule has 1 unspecified atom stereocenters. The monoisotopic (exact) mass is 254 g/mol. The van der Waals surface area contributed by atoms with Crippen molar-refractivity contribution in [3.8, 4) is 0 Å². The van der Waals surface area contributed by atoms with Gasteiger partial charge in [-0.2, -0.15) is 0 Å². The van der Waals surface area contributed by atoms with Crippen molar-refractivity contribution in [1.29, 1.82) is 0 Å². The molecule has 1 heterocycles. The van der Waals surface area contributed by atoms with Gasteiger partial charge in [0.05, 0.1) is 0 Å². The van der Waals surface area contributed by atoms with Gasteiger partial charge in [0.1, 0.15) is 0 Å². The summed E-state index contributed by atoms with van der Waals surface area (Å²) in [5.74, 6) is 0. The molecule has 0 radical (unpaired) electrons. The summed E-state index contributed by atoms with van der Waals surface area (Å²) in [5.41, 5.74) is 1.37. The van der Waals surface area contributed by atoms with Gasteiger partial charge in [0.25, 0.3) is 0 Å². The van der Waals surface area contributed by atoms with Crippen molar-refractivity contribution >= 4 is 10.8 Å². The second kappa shape index (κ2) is 6.18. The summed E-state index contributed by atoms with van der Waals surface area (Å²) in [5, 5.41) is 9.80. The molecule has 0 saturated carbocycles. The molecule has 1 saturated heterocycles. The summed E-state index contributed by atoms with van der Waals surface area (Å²) in [6.07, 6.45) is 4.02. The minimum atomic E-state index is 0.661. The Bertz CT molecular complexity index is 530. The molecule has 1 aliphatic heterocycles. The maximum absolute atomic E-state index is 3.57. The Morgan fingerprint density at radius 2 is 1.95 bits per heavy atom. The topological polar surface area (TPSA) is 24.1 Å². The first-order chi connectivity index (χ1) is 9.42. The normalized spacial score (nSPS) is 19.7. The number of hydrogen-bond acceptors (Lipinski definition) is 2. The van der Waals surface area contributed by atoms with Crippen molar-refractivity contribution in [2.75, 3.05) is 13.1 Å². The van der Waals surface area contributed by atoms with E-state index in [1.165, 1.54) is 42.1 Å². The van der Waals surface area contributed by atoms with Crippen LogP contribution in [0.1, 0.15) is 24.8 Å². The minimum Gasteiger partial charge on any atom is -0.313 e. The van der Waals surface area contributed by atoms with Crippen LogP contribution in [0.4, 0.5) is 0 Å². The van der Waals surface area contributed by atoms with Crippen LogP contribution in [-0.4, -0.2) is 19.1 Å². The molecule has 1 fully saturated rings. The van der Waals surface area contributed by atoms with Crippen molar-refractivity contribution in [2.45, 2.75) is 31.8 Å². The van der Waals surface area contributed by atoms with E-state index in [2.05, 4.69) is 53.1 Å². The molecule has 100 valence electrons. The van der Waals surface area contributed by atoms with E-state index < -0.39 is 0 Å². The number of fused-ring (bicyclic) bond motifs is 1. The Labute approximate surface area is 115 Å². The third-order valence-corrected chi connectivity index (χ3v) is 3.95. The highest BCUT2D eigenvalue weighted by molar-refractivity contribution is 5.82.